The largest absolute Gasteiger partial charge is 0.389 e. The minimum Gasteiger partial charge on any atom is -0.389 e. The van der Waals surface area contributed by atoms with Crippen LogP contribution in [-0.2, 0) is 17.1 Å². The smallest absolute Gasteiger partial charge is 0.262 e. The van der Waals surface area contributed by atoms with E-state index in [4.69, 9.17) is 18.0 Å². The molecule has 0 unspecified atom stereocenters. The molecule has 20 heavy (non-hydrogen) atoms. The normalized spacial score (nSPS) is 11.3. The lowest BCUT2D eigenvalue weighted by molar-refractivity contribution is 0.600. The molecule has 0 atom stereocenters. The number of sulfonamides is 1. The Hall–Kier alpha value is -1.93. The standard InChI is InChI=1S/C12H14N4O2S2/c1-8-3-4-9(12(13)19)5-11(8)20(17,18)15-10-6-14-16(2)7-10/h3-7,15H,1-2H3,(H2,13,19). The van der Waals surface area contributed by atoms with Gasteiger partial charge in [0.1, 0.15) is 4.99 Å². The Morgan fingerprint density at radius 2 is 2.15 bits per heavy atom. The van der Waals surface area contributed by atoms with Gasteiger partial charge < -0.3 is 5.73 Å². The molecular weight excluding hydrogens is 296 g/mol. The van der Waals surface area contributed by atoms with Crippen molar-refractivity contribution in [3.05, 3.63) is 41.7 Å². The van der Waals surface area contributed by atoms with Crippen LogP contribution in [-0.4, -0.2) is 23.2 Å². The molecule has 1 aromatic heterocycles. The molecule has 3 N–H and O–H groups in total. The lowest BCUT2D eigenvalue weighted by atomic mass is 10.1. The van der Waals surface area contributed by atoms with Crippen molar-refractivity contribution in [1.29, 1.82) is 0 Å². The molecule has 1 heterocycles. The van der Waals surface area contributed by atoms with Gasteiger partial charge in [0.05, 0.1) is 16.8 Å². The van der Waals surface area contributed by atoms with Gasteiger partial charge in [-0.3, -0.25) is 9.40 Å². The number of aromatic nitrogens is 2. The summed E-state index contributed by atoms with van der Waals surface area (Å²) in [5.74, 6) is 0. The number of nitrogens with two attached hydrogens (primary N) is 1. The van der Waals surface area contributed by atoms with Crippen LogP contribution in [0.15, 0.2) is 35.5 Å². The Kier molecular flexibility index (Phi) is 3.78. The molecule has 0 aliphatic rings. The molecule has 0 fully saturated rings. The van der Waals surface area contributed by atoms with Crippen molar-refractivity contribution in [2.45, 2.75) is 11.8 Å². The highest BCUT2D eigenvalue weighted by molar-refractivity contribution is 7.92. The second-order valence-electron chi connectivity index (χ2n) is 4.35. The summed E-state index contributed by atoms with van der Waals surface area (Å²) in [6.45, 7) is 1.71. The molecule has 0 spiro atoms. The Bertz CT molecular complexity index is 766. The second kappa shape index (κ2) is 5.22. The van der Waals surface area contributed by atoms with Crippen molar-refractivity contribution in [2.24, 2.45) is 12.8 Å². The second-order valence-corrected chi connectivity index (χ2v) is 6.44. The van der Waals surface area contributed by atoms with E-state index in [1.165, 1.54) is 16.9 Å². The highest BCUT2D eigenvalue weighted by Crippen LogP contribution is 2.20. The monoisotopic (exact) mass is 310 g/mol. The molecule has 8 heteroatoms. The van der Waals surface area contributed by atoms with Gasteiger partial charge in [-0.05, 0) is 18.6 Å². The minimum absolute atomic E-state index is 0.145. The van der Waals surface area contributed by atoms with Crippen LogP contribution in [0.4, 0.5) is 5.69 Å². The Morgan fingerprint density at radius 3 is 2.70 bits per heavy atom. The van der Waals surface area contributed by atoms with Crippen molar-refractivity contribution >= 4 is 32.9 Å². The zero-order valence-corrected chi connectivity index (χ0v) is 12.6. The zero-order valence-electron chi connectivity index (χ0n) is 11.0. The summed E-state index contributed by atoms with van der Waals surface area (Å²) >= 11 is 4.87. The first-order valence-electron chi connectivity index (χ1n) is 5.71. The van der Waals surface area contributed by atoms with E-state index < -0.39 is 10.0 Å². The van der Waals surface area contributed by atoms with Gasteiger partial charge >= 0.3 is 0 Å². The Labute approximate surface area is 122 Å². The molecule has 0 aliphatic carbocycles. The number of hydrogen-bond acceptors (Lipinski definition) is 4. The van der Waals surface area contributed by atoms with Crippen LogP contribution in [0, 0.1) is 6.92 Å². The SMILES string of the molecule is Cc1ccc(C(N)=S)cc1S(=O)(=O)Nc1cnn(C)c1. The van der Waals surface area contributed by atoms with E-state index >= 15 is 0 Å². The van der Waals surface area contributed by atoms with Crippen LogP contribution in [0.25, 0.3) is 0 Å². The van der Waals surface area contributed by atoms with E-state index in [1.54, 1.807) is 32.3 Å². The van der Waals surface area contributed by atoms with Crippen LogP contribution < -0.4 is 10.5 Å². The van der Waals surface area contributed by atoms with E-state index in [-0.39, 0.29) is 9.88 Å². The molecule has 0 radical (unpaired) electrons. The number of hydrogen-bond donors (Lipinski definition) is 2. The van der Waals surface area contributed by atoms with Crippen molar-refractivity contribution < 1.29 is 8.42 Å². The topological polar surface area (TPSA) is 90.0 Å². The number of rotatable bonds is 4. The van der Waals surface area contributed by atoms with E-state index in [0.29, 0.717) is 16.8 Å². The Balaban J connectivity index is 2.43. The van der Waals surface area contributed by atoms with E-state index in [2.05, 4.69) is 9.82 Å². The van der Waals surface area contributed by atoms with Crippen LogP contribution in [0.3, 0.4) is 0 Å². The zero-order chi connectivity index (χ0) is 14.9. The van der Waals surface area contributed by atoms with Crippen molar-refractivity contribution in [3.8, 4) is 0 Å². The maximum absolute atomic E-state index is 12.4. The molecule has 1 aromatic carbocycles. The molecule has 2 aromatic rings. The highest BCUT2D eigenvalue weighted by atomic mass is 32.2. The highest BCUT2D eigenvalue weighted by Gasteiger charge is 2.18. The van der Waals surface area contributed by atoms with Crippen LogP contribution in [0.1, 0.15) is 11.1 Å². The fourth-order valence-corrected chi connectivity index (χ4v) is 3.15. The van der Waals surface area contributed by atoms with E-state index in [0.717, 1.165) is 0 Å². The van der Waals surface area contributed by atoms with Gasteiger partial charge in [-0.15, -0.1) is 0 Å². The van der Waals surface area contributed by atoms with Crippen LogP contribution in [0.5, 0.6) is 0 Å². The summed E-state index contributed by atoms with van der Waals surface area (Å²) in [4.78, 5) is 0.300. The first kappa shape index (κ1) is 14.5. The number of benzene rings is 1. The van der Waals surface area contributed by atoms with E-state index in [1.807, 2.05) is 0 Å². The first-order chi connectivity index (χ1) is 9.29. The maximum Gasteiger partial charge on any atom is 0.262 e. The van der Waals surface area contributed by atoms with Gasteiger partial charge in [-0.2, -0.15) is 5.10 Å². The molecular formula is C12H14N4O2S2. The lowest BCUT2D eigenvalue weighted by Crippen LogP contribution is -2.16. The third kappa shape index (κ3) is 2.97. The third-order valence-electron chi connectivity index (χ3n) is 2.72. The number of nitrogens with zero attached hydrogens (tertiary/aromatic N) is 2. The number of nitrogens with one attached hydrogen (secondary N) is 1. The summed E-state index contributed by atoms with van der Waals surface area (Å²) in [7, 11) is -2.00. The van der Waals surface area contributed by atoms with Gasteiger partial charge in [-0.1, -0.05) is 24.4 Å². The quantitative estimate of drug-likeness (QED) is 0.827. The molecule has 0 aliphatic heterocycles. The predicted octanol–water partition coefficient (Wildman–Crippen LogP) is 1.16. The molecule has 2 rings (SSSR count). The van der Waals surface area contributed by atoms with Gasteiger partial charge in [-0.25, -0.2) is 8.42 Å². The molecule has 6 nitrogen and oxygen atoms in total. The summed E-state index contributed by atoms with van der Waals surface area (Å²) in [5.41, 5.74) is 7.05. The lowest BCUT2D eigenvalue weighted by Gasteiger charge is -2.10. The molecule has 106 valence electrons. The van der Waals surface area contributed by atoms with Crippen molar-refractivity contribution in [2.75, 3.05) is 4.72 Å². The van der Waals surface area contributed by atoms with Crippen molar-refractivity contribution in [1.82, 2.24) is 9.78 Å². The van der Waals surface area contributed by atoms with Gasteiger partial charge in [0.25, 0.3) is 10.0 Å². The summed E-state index contributed by atoms with van der Waals surface area (Å²) < 4.78 is 28.7. The Morgan fingerprint density at radius 1 is 1.45 bits per heavy atom. The fourth-order valence-electron chi connectivity index (χ4n) is 1.73. The van der Waals surface area contributed by atoms with Gasteiger partial charge in [0.2, 0.25) is 0 Å². The summed E-state index contributed by atoms with van der Waals surface area (Å²) in [6, 6.07) is 4.84. The van der Waals surface area contributed by atoms with Crippen LogP contribution in [0.2, 0.25) is 0 Å². The van der Waals surface area contributed by atoms with Crippen molar-refractivity contribution in [3.63, 3.8) is 0 Å². The first-order valence-corrected chi connectivity index (χ1v) is 7.60. The maximum atomic E-state index is 12.4. The average Bonchev–Trinajstić information content (AvgIpc) is 2.73. The molecule has 0 saturated carbocycles. The number of aryl methyl sites for hydroxylation is 2. The predicted molar refractivity (Wildman–Crippen MR) is 81.1 cm³/mol. The average molecular weight is 310 g/mol. The minimum atomic E-state index is -3.71. The van der Waals surface area contributed by atoms with Crippen LogP contribution >= 0.6 is 12.2 Å². The molecule has 0 amide bonds. The molecule has 0 bridgehead atoms. The number of anilines is 1. The number of thiocarbonyl (C=S) groups is 1. The fraction of sp³-hybridized carbons (Fsp3) is 0.167. The van der Waals surface area contributed by atoms with Gasteiger partial charge in [0, 0.05) is 18.8 Å². The van der Waals surface area contributed by atoms with E-state index in [9.17, 15) is 8.42 Å². The summed E-state index contributed by atoms with van der Waals surface area (Å²) in [5, 5.41) is 3.91. The van der Waals surface area contributed by atoms with Gasteiger partial charge in [0.15, 0.2) is 0 Å². The summed E-state index contributed by atoms with van der Waals surface area (Å²) in [6.07, 6.45) is 3.01. The third-order valence-corrected chi connectivity index (χ3v) is 4.48. The molecule has 0 saturated heterocycles.